The van der Waals surface area contributed by atoms with Gasteiger partial charge in [0.05, 0.1) is 19.3 Å². The number of hydrogen-bond donors (Lipinski definition) is 1. The molecule has 5 heteroatoms. The van der Waals surface area contributed by atoms with Crippen molar-refractivity contribution in [3.63, 3.8) is 0 Å². The van der Waals surface area contributed by atoms with E-state index in [1.54, 1.807) is 11.3 Å². The highest BCUT2D eigenvalue weighted by Crippen LogP contribution is 2.12. The third kappa shape index (κ3) is 7.14. The van der Waals surface area contributed by atoms with Gasteiger partial charge in [-0.15, -0.1) is 11.3 Å². The van der Waals surface area contributed by atoms with Crippen LogP contribution in [0, 0.1) is 6.92 Å². The predicted molar refractivity (Wildman–Crippen MR) is 94.2 cm³/mol. The molecule has 0 aliphatic heterocycles. The first kappa shape index (κ1) is 17.9. The number of aryl methyl sites for hydroxylation is 1. The van der Waals surface area contributed by atoms with Crippen molar-refractivity contribution in [2.45, 2.75) is 19.6 Å². The van der Waals surface area contributed by atoms with Gasteiger partial charge in [-0.25, -0.2) is 0 Å². The summed E-state index contributed by atoms with van der Waals surface area (Å²) in [6.45, 7) is 4.89. The second-order valence-corrected chi connectivity index (χ2v) is 6.71. The molecule has 0 aliphatic rings. The Labute approximate surface area is 142 Å². The van der Waals surface area contributed by atoms with Crippen LogP contribution in [-0.4, -0.2) is 49.5 Å². The fourth-order valence-electron chi connectivity index (χ4n) is 2.22. The van der Waals surface area contributed by atoms with Crippen molar-refractivity contribution in [2.24, 2.45) is 0 Å². The molecule has 1 N–H and O–H groups in total. The van der Waals surface area contributed by atoms with Crippen molar-refractivity contribution in [3.8, 4) is 5.75 Å². The molecule has 1 aromatic heterocycles. The Morgan fingerprint density at radius 2 is 2.13 bits per heavy atom. The SMILES string of the molecule is Cc1cccc(OCCN(C)CC(O)COCc2cccs2)c1. The third-order valence-electron chi connectivity index (χ3n) is 3.39. The number of aliphatic hydroxyl groups excluding tert-OH is 1. The molecule has 0 spiro atoms. The molecule has 1 unspecified atom stereocenters. The minimum Gasteiger partial charge on any atom is -0.492 e. The lowest BCUT2D eigenvalue weighted by Crippen LogP contribution is -2.34. The van der Waals surface area contributed by atoms with E-state index in [-0.39, 0.29) is 0 Å². The Bertz CT molecular complexity index is 559. The fraction of sp³-hybridized carbons (Fsp3) is 0.444. The van der Waals surface area contributed by atoms with Crippen molar-refractivity contribution < 1.29 is 14.6 Å². The zero-order valence-corrected chi connectivity index (χ0v) is 14.6. The molecule has 23 heavy (non-hydrogen) atoms. The smallest absolute Gasteiger partial charge is 0.119 e. The van der Waals surface area contributed by atoms with E-state index in [4.69, 9.17) is 9.47 Å². The number of aliphatic hydroxyl groups is 1. The van der Waals surface area contributed by atoms with E-state index >= 15 is 0 Å². The van der Waals surface area contributed by atoms with Crippen LogP contribution in [0.4, 0.5) is 0 Å². The number of likely N-dealkylation sites (N-methyl/N-ethyl adjacent to an activating group) is 1. The molecule has 0 bridgehead atoms. The molecule has 0 amide bonds. The van der Waals surface area contributed by atoms with Gasteiger partial charge >= 0.3 is 0 Å². The second kappa shape index (κ2) is 9.67. The van der Waals surface area contributed by atoms with Gasteiger partial charge in [0.1, 0.15) is 12.4 Å². The monoisotopic (exact) mass is 335 g/mol. The Balaban J connectivity index is 1.57. The van der Waals surface area contributed by atoms with Crippen LogP contribution in [0.25, 0.3) is 0 Å². The standard InChI is InChI=1S/C18H25NO3S/c1-15-5-3-6-17(11-15)22-9-8-19(2)12-16(20)13-21-14-18-7-4-10-23-18/h3-7,10-11,16,20H,8-9,12-14H2,1-2H3. The maximum atomic E-state index is 10.00. The lowest BCUT2D eigenvalue weighted by Gasteiger charge is -2.20. The number of ether oxygens (including phenoxy) is 2. The highest BCUT2D eigenvalue weighted by Gasteiger charge is 2.09. The summed E-state index contributed by atoms with van der Waals surface area (Å²) in [6, 6.07) is 12.1. The lowest BCUT2D eigenvalue weighted by molar-refractivity contribution is 0.0132. The summed E-state index contributed by atoms with van der Waals surface area (Å²) in [6.07, 6.45) is -0.487. The molecule has 2 rings (SSSR count). The van der Waals surface area contributed by atoms with Crippen molar-refractivity contribution in [1.29, 1.82) is 0 Å². The van der Waals surface area contributed by atoms with Crippen LogP contribution in [0.15, 0.2) is 41.8 Å². The maximum absolute atomic E-state index is 10.00. The zero-order chi connectivity index (χ0) is 16.5. The molecule has 0 aliphatic carbocycles. The van der Waals surface area contributed by atoms with Crippen molar-refractivity contribution >= 4 is 11.3 Å². The summed E-state index contributed by atoms with van der Waals surface area (Å²) in [5.74, 6) is 0.887. The van der Waals surface area contributed by atoms with Gasteiger partial charge in [-0.3, -0.25) is 0 Å². The lowest BCUT2D eigenvalue weighted by atomic mass is 10.2. The summed E-state index contributed by atoms with van der Waals surface area (Å²) in [7, 11) is 1.97. The molecular weight excluding hydrogens is 310 g/mol. The Hall–Kier alpha value is -1.40. The Morgan fingerprint density at radius 1 is 1.26 bits per heavy atom. The molecule has 126 valence electrons. The quantitative estimate of drug-likeness (QED) is 0.725. The number of thiophene rings is 1. The molecule has 0 saturated carbocycles. The number of nitrogens with zero attached hydrogens (tertiary/aromatic N) is 1. The molecular formula is C18H25NO3S. The topological polar surface area (TPSA) is 41.9 Å². The second-order valence-electron chi connectivity index (χ2n) is 5.68. The minimum absolute atomic E-state index is 0.348. The number of hydrogen-bond acceptors (Lipinski definition) is 5. The summed E-state index contributed by atoms with van der Waals surface area (Å²) >= 11 is 1.66. The van der Waals surface area contributed by atoms with Crippen molar-refractivity contribution in [3.05, 3.63) is 52.2 Å². The predicted octanol–water partition coefficient (Wildman–Crippen LogP) is 2.94. The normalized spacial score (nSPS) is 12.5. The van der Waals surface area contributed by atoms with Crippen LogP contribution in [-0.2, 0) is 11.3 Å². The van der Waals surface area contributed by atoms with Crippen LogP contribution in [0.3, 0.4) is 0 Å². The van der Waals surface area contributed by atoms with Crippen LogP contribution in [0.5, 0.6) is 5.75 Å². The average Bonchev–Trinajstić information content (AvgIpc) is 3.00. The molecule has 0 fully saturated rings. The highest BCUT2D eigenvalue weighted by atomic mass is 32.1. The first-order valence-corrected chi connectivity index (χ1v) is 8.67. The summed E-state index contributed by atoms with van der Waals surface area (Å²) in [4.78, 5) is 3.23. The molecule has 0 radical (unpaired) electrons. The van der Waals surface area contributed by atoms with Gasteiger partial charge in [0.2, 0.25) is 0 Å². The molecule has 2 aromatic rings. The Morgan fingerprint density at radius 3 is 2.87 bits per heavy atom. The van der Waals surface area contributed by atoms with E-state index in [9.17, 15) is 5.11 Å². The van der Waals surface area contributed by atoms with Crippen LogP contribution >= 0.6 is 11.3 Å². The summed E-state index contributed by atoms with van der Waals surface area (Å²) in [5.41, 5.74) is 1.19. The van der Waals surface area contributed by atoms with Crippen molar-refractivity contribution in [2.75, 3.05) is 33.4 Å². The molecule has 1 heterocycles. The molecule has 0 saturated heterocycles. The van der Waals surface area contributed by atoms with E-state index in [1.807, 2.05) is 55.7 Å². The van der Waals surface area contributed by atoms with E-state index in [0.29, 0.717) is 26.4 Å². The number of benzene rings is 1. The summed E-state index contributed by atoms with van der Waals surface area (Å²) < 4.78 is 11.2. The van der Waals surface area contributed by atoms with Crippen molar-refractivity contribution in [1.82, 2.24) is 4.90 Å². The largest absolute Gasteiger partial charge is 0.492 e. The van der Waals surface area contributed by atoms with Gasteiger partial charge in [0.25, 0.3) is 0 Å². The maximum Gasteiger partial charge on any atom is 0.119 e. The van der Waals surface area contributed by atoms with Crippen LogP contribution in [0.2, 0.25) is 0 Å². The third-order valence-corrected chi connectivity index (χ3v) is 4.24. The van der Waals surface area contributed by atoms with Crippen LogP contribution < -0.4 is 4.74 Å². The summed E-state index contributed by atoms with van der Waals surface area (Å²) in [5, 5.41) is 12.0. The van der Waals surface area contributed by atoms with Gasteiger partial charge in [-0.05, 0) is 43.1 Å². The first-order chi connectivity index (χ1) is 11.1. The fourth-order valence-corrected chi connectivity index (χ4v) is 2.86. The minimum atomic E-state index is -0.487. The van der Waals surface area contributed by atoms with E-state index in [1.165, 1.54) is 10.4 Å². The molecule has 1 aromatic carbocycles. The van der Waals surface area contributed by atoms with E-state index < -0.39 is 6.10 Å². The highest BCUT2D eigenvalue weighted by molar-refractivity contribution is 7.09. The van der Waals surface area contributed by atoms with Gasteiger partial charge in [0, 0.05) is 18.0 Å². The number of rotatable bonds is 10. The molecule has 4 nitrogen and oxygen atoms in total. The Kier molecular flexibility index (Phi) is 7.55. The molecule has 1 atom stereocenters. The van der Waals surface area contributed by atoms with E-state index in [2.05, 4.69) is 4.90 Å². The zero-order valence-electron chi connectivity index (χ0n) is 13.8. The average molecular weight is 335 g/mol. The van der Waals surface area contributed by atoms with Gasteiger partial charge < -0.3 is 19.5 Å². The first-order valence-electron chi connectivity index (χ1n) is 7.79. The van der Waals surface area contributed by atoms with Gasteiger partial charge in [0.15, 0.2) is 0 Å². The van der Waals surface area contributed by atoms with Gasteiger partial charge in [-0.1, -0.05) is 18.2 Å². The van der Waals surface area contributed by atoms with Gasteiger partial charge in [-0.2, -0.15) is 0 Å². The van der Waals surface area contributed by atoms with Crippen LogP contribution in [0.1, 0.15) is 10.4 Å². The van der Waals surface area contributed by atoms with E-state index in [0.717, 1.165) is 12.3 Å².